The molecular weight excluding hydrogens is 192 g/mol. The number of hydrogen-bond donors (Lipinski definition) is 1. The summed E-state index contributed by atoms with van der Waals surface area (Å²) in [5.41, 5.74) is 6.53. The Morgan fingerprint density at radius 1 is 1.40 bits per heavy atom. The fraction of sp³-hybridized carbons (Fsp3) is 0.600. The molecule has 1 aromatic heterocycles. The summed E-state index contributed by atoms with van der Waals surface area (Å²) in [6.45, 7) is 4.84. The van der Waals surface area contributed by atoms with Crippen LogP contribution in [0.2, 0.25) is 0 Å². The van der Waals surface area contributed by atoms with Gasteiger partial charge in [0.25, 0.3) is 0 Å². The number of nitrogens with zero attached hydrogens (tertiary/aromatic N) is 3. The van der Waals surface area contributed by atoms with Crippen LogP contribution in [0.5, 0.6) is 0 Å². The lowest BCUT2D eigenvalue weighted by Gasteiger charge is -2.26. The molecule has 0 bridgehead atoms. The Balaban J connectivity index is 1.96. The van der Waals surface area contributed by atoms with Crippen LogP contribution in [0.4, 0.5) is 0 Å². The van der Waals surface area contributed by atoms with Crippen LogP contribution in [-0.4, -0.2) is 41.2 Å². The normalized spacial score (nSPS) is 17.9. The molecule has 2 heterocycles. The first kappa shape index (κ1) is 10.5. The van der Waals surface area contributed by atoms with E-state index in [1.54, 1.807) is 6.20 Å². The second-order valence-corrected chi connectivity index (χ2v) is 3.56. The molecule has 0 amide bonds. The number of hydrogen-bond acceptors (Lipinski definition) is 5. The smallest absolute Gasteiger partial charge is 0.142 e. The number of rotatable bonds is 3. The van der Waals surface area contributed by atoms with E-state index in [0.29, 0.717) is 12.4 Å². The zero-order valence-electron chi connectivity index (χ0n) is 8.72. The first-order chi connectivity index (χ1) is 7.38. The first-order valence-electron chi connectivity index (χ1n) is 5.19. The van der Waals surface area contributed by atoms with Gasteiger partial charge in [0.1, 0.15) is 5.82 Å². The average molecular weight is 208 g/mol. The van der Waals surface area contributed by atoms with Crippen LogP contribution < -0.4 is 5.73 Å². The Labute approximate surface area is 89.3 Å². The fourth-order valence-corrected chi connectivity index (χ4v) is 1.62. The molecular formula is C10H16N4O. The Morgan fingerprint density at radius 2 is 2.20 bits per heavy atom. The van der Waals surface area contributed by atoms with Gasteiger partial charge in [0.05, 0.1) is 25.5 Å². The van der Waals surface area contributed by atoms with Gasteiger partial charge in [0.15, 0.2) is 0 Å². The summed E-state index contributed by atoms with van der Waals surface area (Å²) in [6.07, 6.45) is 1.77. The maximum atomic E-state index is 5.49. The van der Waals surface area contributed by atoms with Gasteiger partial charge < -0.3 is 10.5 Å². The lowest BCUT2D eigenvalue weighted by molar-refractivity contribution is 0.0336. The van der Waals surface area contributed by atoms with Crippen molar-refractivity contribution in [1.29, 1.82) is 0 Å². The first-order valence-corrected chi connectivity index (χ1v) is 5.19. The molecule has 2 N–H and O–H groups in total. The quantitative estimate of drug-likeness (QED) is 0.743. The van der Waals surface area contributed by atoms with Crippen molar-refractivity contribution in [1.82, 2.24) is 14.9 Å². The van der Waals surface area contributed by atoms with E-state index in [-0.39, 0.29) is 0 Å². The number of nitrogens with two attached hydrogens (primary N) is 1. The van der Waals surface area contributed by atoms with Gasteiger partial charge in [-0.3, -0.25) is 4.90 Å². The molecule has 1 aromatic rings. The molecule has 0 unspecified atom stereocenters. The second-order valence-electron chi connectivity index (χ2n) is 3.56. The van der Waals surface area contributed by atoms with Gasteiger partial charge in [-0.2, -0.15) is 0 Å². The largest absolute Gasteiger partial charge is 0.379 e. The molecule has 15 heavy (non-hydrogen) atoms. The number of ether oxygens (including phenoxy) is 1. The van der Waals surface area contributed by atoms with Crippen molar-refractivity contribution in [3.05, 3.63) is 23.8 Å². The summed E-state index contributed by atoms with van der Waals surface area (Å²) in [4.78, 5) is 10.8. The molecule has 5 heteroatoms. The van der Waals surface area contributed by atoms with Crippen LogP contribution >= 0.6 is 0 Å². The topological polar surface area (TPSA) is 64.3 Å². The van der Waals surface area contributed by atoms with Crippen molar-refractivity contribution in [2.45, 2.75) is 13.1 Å². The average Bonchev–Trinajstić information content (AvgIpc) is 2.31. The van der Waals surface area contributed by atoms with E-state index in [4.69, 9.17) is 10.5 Å². The van der Waals surface area contributed by atoms with E-state index < -0.39 is 0 Å². The van der Waals surface area contributed by atoms with Gasteiger partial charge in [0.2, 0.25) is 0 Å². The molecule has 0 aromatic carbocycles. The predicted molar refractivity (Wildman–Crippen MR) is 56.0 cm³/mol. The minimum absolute atomic E-state index is 0.400. The highest BCUT2D eigenvalue weighted by atomic mass is 16.5. The summed E-state index contributed by atoms with van der Waals surface area (Å²) < 4.78 is 5.29. The molecule has 2 rings (SSSR count). The monoisotopic (exact) mass is 208 g/mol. The molecule has 82 valence electrons. The zero-order chi connectivity index (χ0) is 10.5. The standard InChI is InChI=1S/C10H16N4O/c11-7-10-12-2-1-9(13-10)8-14-3-5-15-6-4-14/h1-2H,3-8,11H2. The molecule has 0 radical (unpaired) electrons. The Hall–Kier alpha value is -1.04. The molecule has 1 aliphatic rings. The molecule has 5 nitrogen and oxygen atoms in total. The van der Waals surface area contributed by atoms with Crippen LogP contribution in [0.15, 0.2) is 12.3 Å². The highest BCUT2D eigenvalue weighted by Gasteiger charge is 2.11. The lowest BCUT2D eigenvalue weighted by Crippen LogP contribution is -2.35. The maximum Gasteiger partial charge on any atom is 0.142 e. The van der Waals surface area contributed by atoms with Crippen molar-refractivity contribution < 1.29 is 4.74 Å². The van der Waals surface area contributed by atoms with Crippen molar-refractivity contribution in [3.8, 4) is 0 Å². The molecule has 1 fully saturated rings. The Morgan fingerprint density at radius 3 is 2.93 bits per heavy atom. The number of aromatic nitrogens is 2. The molecule has 0 saturated carbocycles. The van der Waals surface area contributed by atoms with Crippen LogP contribution in [-0.2, 0) is 17.8 Å². The highest BCUT2D eigenvalue weighted by Crippen LogP contribution is 2.04. The third-order valence-corrected chi connectivity index (χ3v) is 2.44. The third kappa shape index (κ3) is 2.95. The summed E-state index contributed by atoms with van der Waals surface area (Å²) in [7, 11) is 0. The van der Waals surface area contributed by atoms with Gasteiger partial charge in [-0.15, -0.1) is 0 Å². The minimum Gasteiger partial charge on any atom is -0.379 e. The van der Waals surface area contributed by atoms with Crippen molar-refractivity contribution in [2.24, 2.45) is 5.73 Å². The van der Waals surface area contributed by atoms with Crippen molar-refractivity contribution >= 4 is 0 Å². The van der Waals surface area contributed by atoms with E-state index in [1.165, 1.54) is 0 Å². The maximum absolute atomic E-state index is 5.49. The Bertz CT molecular complexity index is 312. The zero-order valence-corrected chi connectivity index (χ0v) is 8.72. The van der Waals surface area contributed by atoms with Crippen LogP contribution in [0.1, 0.15) is 11.5 Å². The van der Waals surface area contributed by atoms with Gasteiger partial charge in [-0.1, -0.05) is 0 Å². The van der Waals surface area contributed by atoms with Gasteiger partial charge >= 0.3 is 0 Å². The summed E-state index contributed by atoms with van der Waals surface area (Å²) in [5, 5.41) is 0. The fourth-order valence-electron chi connectivity index (χ4n) is 1.62. The molecule has 1 aliphatic heterocycles. The lowest BCUT2D eigenvalue weighted by atomic mass is 10.3. The van der Waals surface area contributed by atoms with E-state index >= 15 is 0 Å². The van der Waals surface area contributed by atoms with Gasteiger partial charge in [-0.25, -0.2) is 9.97 Å². The Kier molecular flexibility index (Phi) is 3.60. The highest BCUT2D eigenvalue weighted by molar-refractivity contribution is 5.02. The van der Waals surface area contributed by atoms with E-state index in [1.807, 2.05) is 6.07 Å². The molecule has 0 aliphatic carbocycles. The summed E-state index contributed by atoms with van der Waals surface area (Å²) >= 11 is 0. The second kappa shape index (κ2) is 5.16. The van der Waals surface area contributed by atoms with Gasteiger partial charge in [-0.05, 0) is 6.07 Å². The molecule has 1 saturated heterocycles. The van der Waals surface area contributed by atoms with Crippen molar-refractivity contribution in [2.75, 3.05) is 26.3 Å². The predicted octanol–water partition coefficient (Wildman–Crippen LogP) is -0.233. The van der Waals surface area contributed by atoms with Gasteiger partial charge in [0, 0.05) is 25.8 Å². The van der Waals surface area contributed by atoms with E-state index in [9.17, 15) is 0 Å². The van der Waals surface area contributed by atoms with Crippen LogP contribution in [0.25, 0.3) is 0 Å². The van der Waals surface area contributed by atoms with E-state index in [2.05, 4.69) is 14.9 Å². The van der Waals surface area contributed by atoms with Crippen LogP contribution in [0, 0.1) is 0 Å². The SMILES string of the molecule is NCc1nccc(CN2CCOCC2)n1. The number of morpholine rings is 1. The molecule has 0 spiro atoms. The molecule has 0 atom stereocenters. The van der Waals surface area contributed by atoms with Crippen molar-refractivity contribution in [3.63, 3.8) is 0 Å². The minimum atomic E-state index is 0.400. The summed E-state index contributed by atoms with van der Waals surface area (Å²) in [5.74, 6) is 0.709. The van der Waals surface area contributed by atoms with E-state index in [0.717, 1.165) is 38.5 Å². The van der Waals surface area contributed by atoms with Crippen LogP contribution in [0.3, 0.4) is 0 Å². The third-order valence-electron chi connectivity index (χ3n) is 2.44. The summed E-state index contributed by atoms with van der Waals surface area (Å²) in [6, 6.07) is 1.94.